The number of hydrogen-bond donors (Lipinski definition) is 0. The van der Waals surface area contributed by atoms with E-state index in [0.29, 0.717) is 17.8 Å². The maximum atomic E-state index is 13.6. The summed E-state index contributed by atoms with van der Waals surface area (Å²) in [6.45, 7) is 3.61. The Morgan fingerprint density at radius 3 is 2.26 bits per heavy atom. The van der Waals surface area contributed by atoms with Crippen LogP contribution in [0.5, 0.6) is 0 Å². The fourth-order valence-corrected chi connectivity index (χ4v) is 5.90. The molecule has 0 radical (unpaired) electrons. The first kappa shape index (κ1) is 26.7. The van der Waals surface area contributed by atoms with E-state index in [0.717, 1.165) is 37.6 Å². The average molecular weight is 555 g/mol. The lowest BCUT2D eigenvalue weighted by molar-refractivity contribution is 0.116. The number of hydrogen-bond acceptors (Lipinski definition) is 8. The van der Waals surface area contributed by atoms with Crippen molar-refractivity contribution in [2.75, 3.05) is 47.7 Å². The number of aromatic nitrogens is 3. The van der Waals surface area contributed by atoms with Gasteiger partial charge in [-0.1, -0.05) is 36.4 Å². The summed E-state index contributed by atoms with van der Waals surface area (Å²) in [5.41, 5.74) is 1.76. The second-order valence-electron chi connectivity index (χ2n) is 9.12. The van der Waals surface area contributed by atoms with Crippen LogP contribution in [0.3, 0.4) is 0 Å². The molecule has 1 aliphatic heterocycles. The molecular weight excluding hydrogens is 526 g/mol. The van der Waals surface area contributed by atoms with E-state index in [4.69, 9.17) is 4.42 Å². The lowest BCUT2D eigenvalue weighted by Crippen LogP contribution is -2.48. The standard InChI is InChI=1S/C27H28F2N6O3S/c28-25(29)27-32-31-26(38-27)22-11-9-21(10-12-22)20-35(23-6-2-1-3-7-23)39(36,37)19-18-33-14-16-34(17-15-33)24-8-4-5-13-30-24/h1-13,25H,14-20H2. The van der Waals surface area contributed by atoms with E-state index < -0.39 is 22.3 Å². The summed E-state index contributed by atoms with van der Waals surface area (Å²) in [5, 5.41) is 7.01. The van der Waals surface area contributed by atoms with Crippen molar-refractivity contribution in [3.05, 3.63) is 90.4 Å². The summed E-state index contributed by atoms with van der Waals surface area (Å²) in [4.78, 5) is 8.76. The molecule has 1 aliphatic rings. The summed E-state index contributed by atoms with van der Waals surface area (Å²) in [5.74, 6) is 0.141. The number of nitrogens with zero attached hydrogens (tertiary/aromatic N) is 6. The van der Waals surface area contributed by atoms with Crippen LogP contribution in [0.4, 0.5) is 20.3 Å². The van der Waals surface area contributed by atoms with Crippen LogP contribution >= 0.6 is 0 Å². The van der Waals surface area contributed by atoms with Crippen molar-refractivity contribution in [2.45, 2.75) is 13.0 Å². The van der Waals surface area contributed by atoms with Crippen molar-refractivity contribution in [3.8, 4) is 11.5 Å². The van der Waals surface area contributed by atoms with Crippen LogP contribution in [0.2, 0.25) is 0 Å². The molecule has 39 heavy (non-hydrogen) atoms. The van der Waals surface area contributed by atoms with Crippen LogP contribution < -0.4 is 9.21 Å². The van der Waals surface area contributed by atoms with Gasteiger partial charge in [0.05, 0.1) is 18.0 Å². The van der Waals surface area contributed by atoms with Crippen molar-refractivity contribution in [2.24, 2.45) is 0 Å². The van der Waals surface area contributed by atoms with Crippen LogP contribution in [0.25, 0.3) is 11.5 Å². The van der Waals surface area contributed by atoms with Gasteiger partial charge in [-0.15, -0.1) is 10.2 Å². The Morgan fingerprint density at radius 2 is 1.62 bits per heavy atom. The predicted octanol–water partition coefficient (Wildman–Crippen LogP) is 4.23. The number of sulfonamides is 1. The number of alkyl halides is 2. The summed E-state index contributed by atoms with van der Waals surface area (Å²) in [6.07, 6.45) is -1.08. The Bertz CT molecular complexity index is 1450. The van der Waals surface area contributed by atoms with Crippen molar-refractivity contribution in [1.82, 2.24) is 20.1 Å². The van der Waals surface area contributed by atoms with E-state index >= 15 is 0 Å². The Kier molecular flexibility index (Phi) is 8.13. The van der Waals surface area contributed by atoms with E-state index in [-0.39, 0.29) is 18.2 Å². The van der Waals surface area contributed by atoms with Gasteiger partial charge in [0.25, 0.3) is 5.89 Å². The SMILES string of the molecule is O=S(=O)(CCN1CCN(c2ccccn2)CC1)N(Cc1ccc(-c2nnc(C(F)F)o2)cc1)c1ccccc1. The van der Waals surface area contributed by atoms with Crippen molar-refractivity contribution in [1.29, 1.82) is 0 Å². The third kappa shape index (κ3) is 6.58. The van der Waals surface area contributed by atoms with Gasteiger partial charge in [-0.3, -0.25) is 9.21 Å². The largest absolute Gasteiger partial charge is 0.415 e. The Labute approximate surface area is 225 Å². The molecule has 0 saturated carbocycles. The van der Waals surface area contributed by atoms with E-state index in [1.54, 1.807) is 54.7 Å². The molecule has 5 rings (SSSR count). The first-order valence-electron chi connectivity index (χ1n) is 12.5. The molecule has 2 aromatic heterocycles. The number of piperazine rings is 1. The maximum absolute atomic E-state index is 13.6. The number of para-hydroxylation sites is 1. The number of pyridine rings is 1. The fraction of sp³-hybridized carbons (Fsp3) is 0.296. The first-order chi connectivity index (χ1) is 18.9. The molecule has 0 bridgehead atoms. The molecule has 12 heteroatoms. The van der Waals surface area contributed by atoms with Gasteiger partial charge in [-0.05, 0) is 42.0 Å². The Balaban J connectivity index is 1.25. The zero-order valence-corrected chi connectivity index (χ0v) is 21.9. The number of rotatable bonds is 10. The summed E-state index contributed by atoms with van der Waals surface area (Å²) in [7, 11) is -3.67. The zero-order chi connectivity index (χ0) is 27.2. The maximum Gasteiger partial charge on any atom is 0.314 e. The van der Waals surface area contributed by atoms with Crippen molar-refractivity contribution in [3.63, 3.8) is 0 Å². The van der Waals surface area contributed by atoms with E-state index in [2.05, 4.69) is 25.0 Å². The normalized spacial score (nSPS) is 14.6. The Hall–Kier alpha value is -3.90. The highest BCUT2D eigenvalue weighted by Gasteiger charge is 2.26. The predicted molar refractivity (Wildman–Crippen MR) is 144 cm³/mol. The second-order valence-corrected chi connectivity index (χ2v) is 11.1. The fourth-order valence-electron chi connectivity index (χ4n) is 4.40. The van der Waals surface area contributed by atoms with Gasteiger partial charge in [0.15, 0.2) is 0 Å². The monoisotopic (exact) mass is 554 g/mol. The van der Waals surface area contributed by atoms with Crippen LogP contribution in [-0.2, 0) is 16.6 Å². The topological polar surface area (TPSA) is 95.7 Å². The lowest BCUT2D eigenvalue weighted by Gasteiger charge is -2.35. The minimum absolute atomic E-state index is 0.0208. The van der Waals surface area contributed by atoms with Gasteiger partial charge in [0.2, 0.25) is 15.9 Å². The minimum Gasteiger partial charge on any atom is -0.415 e. The van der Waals surface area contributed by atoms with Crippen LogP contribution in [0, 0.1) is 0 Å². The van der Waals surface area contributed by atoms with Crippen LogP contribution in [-0.4, -0.2) is 67.0 Å². The average Bonchev–Trinajstić information content (AvgIpc) is 3.47. The third-order valence-electron chi connectivity index (χ3n) is 6.55. The molecule has 0 unspecified atom stereocenters. The quantitative estimate of drug-likeness (QED) is 0.288. The molecule has 0 amide bonds. The van der Waals surface area contributed by atoms with Gasteiger partial charge in [0, 0.05) is 44.5 Å². The summed E-state index contributed by atoms with van der Waals surface area (Å²) < 4.78 is 59.2. The second kappa shape index (κ2) is 11.9. The highest BCUT2D eigenvalue weighted by atomic mass is 32.2. The molecule has 9 nitrogen and oxygen atoms in total. The molecule has 2 aromatic carbocycles. The highest BCUT2D eigenvalue weighted by Crippen LogP contribution is 2.26. The molecule has 0 N–H and O–H groups in total. The molecule has 0 aliphatic carbocycles. The van der Waals surface area contributed by atoms with Crippen molar-refractivity contribution < 1.29 is 21.6 Å². The van der Waals surface area contributed by atoms with E-state index in [9.17, 15) is 17.2 Å². The molecule has 0 spiro atoms. The van der Waals surface area contributed by atoms with Gasteiger partial charge in [-0.25, -0.2) is 13.4 Å². The van der Waals surface area contributed by atoms with Crippen molar-refractivity contribution >= 4 is 21.5 Å². The van der Waals surface area contributed by atoms with Gasteiger partial charge >= 0.3 is 6.43 Å². The van der Waals surface area contributed by atoms with Crippen LogP contribution in [0.15, 0.2) is 83.4 Å². The minimum atomic E-state index is -3.67. The molecule has 4 aromatic rings. The molecule has 204 valence electrons. The van der Waals surface area contributed by atoms with Gasteiger partial charge in [-0.2, -0.15) is 8.78 Å². The molecule has 1 saturated heterocycles. The zero-order valence-electron chi connectivity index (χ0n) is 21.1. The molecular formula is C27H28F2N6O3S. The molecule has 3 heterocycles. The van der Waals surface area contributed by atoms with Gasteiger partial charge < -0.3 is 9.32 Å². The summed E-state index contributed by atoms with van der Waals surface area (Å²) in [6, 6.07) is 21.5. The summed E-state index contributed by atoms with van der Waals surface area (Å²) >= 11 is 0. The highest BCUT2D eigenvalue weighted by molar-refractivity contribution is 7.92. The molecule has 1 fully saturated rings. The smallest absolute Gasteiger partial charge is 0.314 e. The lowest BCUT2D eigenvalue weighted by atomic mass is 10.1. The third-order valence-corrected chi connectivity index (χ3v) is 8.26. The Morgan fingerprint density at radius 1 is 0.897 bits per heavy atom. The first-order valence-corrected chi connectivity index (χ1v) is 14.1. The van der Waals surface area contributed by atoms with Gasteiger partial charge in [0.1, 0.15) is 5.82 Å². The van der Waals surface area contributed by atoms with E-state index in [1.165, 1.54) is 4.31 Å². The number of benzene rings is 2. The van der Waals surface area contributed by atoms with Crippen LogP contribution in [0.1, 0.15) is 17.9 Å². The molecule has 0 atom stereocenters. The number of halogens is 2. The number of anilines is 2. The van der Waals surface area contributed by atoms with E-state index in [1.807, 2.05) is 24.3 Å².